The summed E-state index contributed by atoms with van der Waals surface area (Å²) in [5.74, 6) is 1.73. The number of para-hydroxylation sites is 1. The smallest absolute Gasteiger partial charge is 0.214 e. The van der Waals surface area contributed by atoms with Gasteiger partial charge in [-0.05, 0) is 42.5 Å². The van der Waals surface area contributed by atoms with Crippen molar-refractivity contribution in [2.75, 3.05) is 14.2 Å². The number of benzene rings is 3. The maximum Gasteiger partial charge on any atom is 0.214 e. The highest BCUT2D eigenvalue weighted by Crippen LogP contribution is 2.51. The van der Waals surface area contributed by atoms with Gasteiger partial charge in [0.25, 0.3) is 0 Å². The van der Waals surface area contributed by atoms with E-state index >= 15 is 0 Å². The number of methoxy groups -OCH3 is 2. The van der Waals surface area contributed by atoms with Gasteiger partial charge < -0.3 is 24.4 Å². The van der Waals surface area contributed by atoms with Crippen molar-refractivity contribution in [3.8, 4) is 28.7 Å². The second-order valence-electron chi connectivity index (χ2n) is 7.59. The van der Waals surface area contributed by atoms with E-state index in [2.05, 4.69) is 0 Å². The third-order valence-corrected chi connectivity index (χ3v) is 5.99. The summed E-state index contributed by atoms with van der Waals surface area (Å²) in [6, 6.07) is 15.6. The van der Waals surface area contributed by atoms with Crippen LogP contribution in [-0.2, 0) is 0 Å². The van der Waals surface area contributed by atoms with Crippen molar-refractivity contribution in [2.45, 2.75) is 18.7 Å². The van der Waals surface area contributed by atoms with Gasteiger partial charge in [0.2, 0.25) is 6.23 Å². The summed E-state index contributed by atoms with van der Waals surface area (Å²) in [5.41, 5.74) is 2.90. The molecule has 0 aliphatic carbocycles. The summed E-state index contributed by atoms with van der Waals surface area (Å²) in [4.78, 5) is 0. The number of phenolic OH excluding ortho intramolecular Hbond substituents is 2. The Morgan fingerprint density at radius 3 is 2.56 bits per heavy atom. The maximum absolute atomic E-state index is 10.4. The van der Waals surface area contributed by atoms with Crippen molar-refractivity contribution >= 4 is 17.3 Å². The molecular weight excluding hydrogens is 432 g/mol. The van der Waals surface area contributed by atoms with Crippen LogP contribution in [0.3, 0.4) is 0 Å². The molecule has 3 aromatic carbocycles. The monoisotopic (exact) mass is 452 g/mol. The zero-order chi connectivity index (χ0) is 22.4. The molecule has 0 amide bonds. The number of rotatable bonds is 4. The molecule has 0 bridgehead atoms. The summed E-state index contributed by atoms with van der Waals surface area (Å²) < 4.78 is 17.1. The minimum Gasteiger partial charge on any atom is -0.507 e. The molecule has 8 heteroatoms. The normalized spacial score (nSPS) is 19.0. The fourth-order valence-electron chi connectivity index (χ4n) is 4.23. The van der Waals surface area contributed by atoms with Gasteiger partial charge in [0.15, 0.2) is 23.0 Å². The molecule has 3 aromatic rings. The summed E-state index contributed by atoms with van der Waals surface area (Å²) in [6.07, 6.45) is -0.0878. The van der Waals surface area contributed by atoms with E-state index in [0.717, 1.165) is 5.56 Å². The Balaban J connectivity index is 1.64. The molecule has 0 saturated heterocycles. The van der Waals surface area contributed by atoms with Crippen LogP contribution in [0.5, 0.6) is 28.7 Å². The second kappa shape index (κ2) is 7.84. The number of fused-ring (bicyclic) bond motifs is 3. The van der Waals surface area contributed by atoms with Crippen LogP contribution in [0, 0.1) is 0 Å². The van der Waals surface area contributed by atoms with Crippen LogP contribution >= 0.6 is 11.6 Å². The Morgan fingerprint density at radius 1 is 1.00 bits per heavy atom. The summed E-state index contributed by atoms with van der Waals surface area (Å²) in [6.45, 7) is 0. The number of ether oxygens (including phenoxy) is 3. The summed E-state index contributed by atoms with van der Waals surface area (Å²) >= 11 is 6.18. The first-order valence-corrected chi connectivity index (χ1v) is 10.4. The third-order valence-electron chi connectivity index (χ3n) is 5.76. The standard InChI is InChI=1S/C24H21ClN2O5/c1-30-21-9-6-13(10-20(21)29)24-27-18(15-4-3-5-22(31-2)23(15)32-24)12-17(26-27)16-11-14(25)7-8-19(16)28/h3-11,18,24,28-29H,12H2,1-2H3/t18-,24+/m0/s1. The van der Waals surface area contributed by atoms with Gasteiger partial charge in [0.1, 0.15) is 5.75 Å². The number of hydrogen-bond donors (Lipinski definition) is 2. The average molecular weight is 453 g/mol. The lowest BCUT2D eigenvalue weighted by Crippen LogP contribution is -2.33. The molecule has 0 radical (unpaired) electrons. The number of nitrogens with zero attached hydrogens (tertiary/aromatic N) is 2. The van der Waals surface area contributed by atoms with Crippen LogP contribution < -0.4 is 14.2 Å². The maximum atomic E-state index is 10.4. The van der Waals surface area contributed by atoms with E-state index in [9.17, 15) is 10.2 Å². The van der Waals surface area contributed by atoms with Crippen LogP contribution in [0.15, 0.2) is 59.7 Å². The first-order chi connectivity index (χ1) is 15.5. The number of phenols is 2. The van der Waals surface area contributed by atoms with Crippen molar-refractivity contribution in [1.82, 2.24) is 5.01 Å². The van der Waals surface area contributed by atoms with Crippen molar-refractivity contribution < 1.29 is 24.4 Å². The van der Waals surface area contributed by atoms with Crippen LogP contribution in [0.1, 0.15) is 35.4 Å². The average Bonchev–Trinajstić information content (AvgIpc) is 3.25. The predicted molar refractivity (Wildman–Crippen MR) is 120 cm³/mol. The molecule has 32 heavy (non-hydrogen) atoms. The first kappa shape index (κ1) is 20.3. The zero-order valence-electron chi connectivity index (χ0n) is 17.4. The van der Waals surface area contributed by atoms with E-state index in [-0.39, 0.29) is 17.5 Å². The molecule has 2 aliphatic heterocycles. The molecule has 5 rings (SSSR count). The highest BCUT2D eigenvalue weighted by molar-refractivity contribution is 6.31. The van der Waals surface area contributed by atoms with Gasteiger partial charge in [0, 0.05) is 28.1 Å². The third kappa shape index (κ3) is 3.26. The van der Waals surface area contributed by atoms with Crippen LogP contribution in [0.4, 0.5) is 0 Å². The van der Waals surface area contributed by atoms with Crippen LogP contribution in [0.2, 0.25) is 5.02 Å². The van der Waals surface area contributed by atoms with Gasteiger partial charge in [-0.25, -0.2) is 5.01 Å². The number of aromatic hydroxyl groups is 2. The fraction of sp³-hybridized carbons (Fsp3) is 0.208. The Bertz CT molecular complexity index is 1230. The van der Waals surface area contributed by atoms with E-state index in [1.165, 1.54) is 7.11 Å². The van der Waals surface area contributed by atoms with E-state index in [1.54, 1.807) is 37.4 Å². The Morgan fingerprint density at radius 2 is 1.81 bits per heavy atom. The van der Waals surface area contributed by atoms with Crippen LogP contribution in [-0.4, -0.2) is 35.2 Å². The van der Waals surface area contributed by atoms with E-state index in [0.29, 0.717) is 45.5 Å². The highest BCUT2D eigenvalue weighted by atomic mass is 35.5. The quantitative estimate of drug-likeness (QED) is 0.579. The molecule has 0 fully saturated rings. The van der Waals surface area contributed by atoms with E-state index < -0.39 is 6.23 Å². The first-order valence-electron chi connectivity index (χ1n) is 10.1. The lowest BCUT2D eigenvalue weighted by Gasteiger charge is -2.38. The van der Waals surface area contributed by atoms with Gasteiger partial charge in [-0.3, -0.25) is 0 Å². The zero-order valence-corrected chi connectivity index (χ0v) is 18.2. The lowest BCUT2D eigenvalue weighted by molar-refractivity contribution is -0.0210. The number of halogens is 1. The number of hydrazone groups is 1. The molecule has 0 saturated carbocycles. The SMILES string of the molecule is COc1ccc([C@H]2Oc3c(OC)cccc3[C@@H]3CC(c4cc(Cl)ccc4O)=NN23)cc1O. The minimum absolute atomic E-state index is 0.00635. The molecule has 2 atom stereocenters. The molecule has 0 unspecified atom stereocenters. The van der Waals surface area contributed by atoms with Gasteiger partial charge in [-0.1, -0.05) is 23.7 Å². The minimum atomic E-state index is -0.626. The molecule has 2 aliphatic rings. The lowest BCUT2D eigenvalue weighted by atomic mass is 9.95. The van der Waals surface area contributed by atoms with Gasteiger partial charge in [0.05, 0.1) is 26.0 Å². The van der Waals surface area contributed by atoms with Crippen LogP contribution in [0.25, 0.3) is 0 Å². The molecule has 2 N–H and O–H groups in total. The second-order valence-corrected chi connectivity index (χ2v) is 8.02. The summed E-state index contributed by atoms with van der Waals surface area (Å²) in [5, 5.41) is 28.0. The molecule has 2 heterocycles. The largest absolute Gasteiger partial charge is 0.507 e. The molecule has 7 nitrogen and oxygen atoms in total. The Labute approximate surface area is 190 Å². The van der Waals surface area contributed by atoms with Crippen molar-refractivity contribution in [2.24, 2.45) is 5.10 Å². The Kier molecular flexibility index (Phi) is 4.98. The predicted octanol–water partition coefficient (Wildman–Crippen LogP) is 5.01. The highest BCUT2D eigenvalue weighted by Gasteiger charge is 2.42. The van der Waals surface area contributed by atoms with Crippen molar-refractivity contribution in [1.29, 1.82) is 0 Å². The molecule has 164 valence electrons. The fourth-order valence-corrected chi connectivity index (χ4v) is 4.40. The number of hydrogen-bond acceptors (Lipinski definition) is 7. The van der Waals surface area contributed by atoms with E-state index in [1.807, 2.05) is 29.3 Å². The van der Waals surface area contributed by atoms with Crippen molar-refractivity contribution in [3.05, 3.63) is 76.3 Å². The topological polar surface area (TPSA) is 83.8 Å². The Hall–Kier alpha value is -3.58. The van der Waals surface area contributed by atoms with Gasteiger partial charge in [-0.15, -0.1) is 0 Å². The summed E-state index contributed by atoms with van der Waals surface area (Å²) in [7, 11) is 3.09. The molecular formula is C24H21ClN2O5. The van der Waals surface area contributed by atoms with Gasteiger partial charge in [-0.2, -0.15) is 5.10 Å². The molecule has 0 spiro atoms. The van der Waals surface area contributed by atoms with Gasteiger partial charge >= 0.3 is 0 Å². The van der Waals surface area contributed by atoms with E-state index in [4.69, 9.17) is 30.9 Å². The molecule has 0 aromatic heterocycles. The van der Waals surface area contributed by atoms with Crippen molar-refractivity contribution in [3.63, 3.8) is 0 Å².